The van der Waals surface area contributed by atoms with Gasteiger partial charge < -0.3 is 9.84 Å². The van der Waals surface area contributed by atoms with Gasteiger partial charge >= 0.3 is 0 Å². The van der Waals surface area contributed by atoms with Crippen LogP contribution in [-0.4, -0.2) is 11.7 Å². The van der Waals surface area contributed by atoms with Crippen molar-refractivity contribution in [3.05, 3.63) is 29.3 Å². The summed E-state index contributed by atoms with van der Waals surface area (Å²) in [6, 6.07) is 5.80. The Morgan fingerprint density at radius 2 is 2.14 bits per heavy atom. The first kappa shape index (κ1) is 11.1. The summed E-state index contributed by atoms with van der Waals surface area (Å²) in [5, 5.41) is 9.37. The zero-order chi connectivity index (χ0) is 10.6. The van der Waals surface area contributed by atoms with E-state index in [2.05, 4.69) is 6.92 Å². The van der Waals surface area contributed by atoms with Crippen LogP contribution in [0, 0.1) is 6.92 Å². The van der Waals surface area contributed by atoms with Crippen molar-refractivity contribution in [2.75, 3.05) is 6.61 Å². The first-order valence-corrected chi connectivity index (χ1v) is 5.06. The maximum Gasteiger partial charge on any atom is 0.122 e. The second-order valence-electron chi connectivity index (χ2n) is 3.55. The van der Waals surface area contributed by atoms with Crippen molar-refractivity contribution in [3.8, 4) is 5.75 Å². The lowest BCUT2D eigenvalue weighted by Gasteiger charge is -2.11. The number of aliphatic hydroxyl groups excluding tert-OH is 1. The highest BCUT2D eigenvalue weighted by molar-refractivity contribution is 5.36. The highest BCUT2D eigenvalue weighted by atomic mass is 16.5. The number of hydrogen-bond donors (Lipinski definition) is 1. The van der Waals surface area contributed by atoms with Gasteiger partial charge in [0, 0.05) is 0 Å². The number of aryl methyl sites for hydroxylation is 1. The van der Waals surface area contributed by atoms with Crippen LogP contribution in [0.1, 0.15) is 37.5 Å². The normalized spacial score (nSPS) is 12.6. The van der Waals surface area contributed by atoms with E-state index in [1.54, 1.807) is 6.92 Å². The summed E-state index contributed by atoms with van der Waals surface area (Å²) in [5.41, 5.74) is 2.02. The highest BCUT2D eigenvalue weighted by Gasteiger charge is 2.04. The molecule has 2 nitrogen and oxygen atoms in total. The summed E-state index contributed by atoms with van der Waals surface area (Å²) in [5.74, 6) is 0.913. The van der Waals surface area contributed by atoms with Crippen molar-refractivity contribution in [1.82, 2.24) is 0 Å². The summed E-state index contributed by atoms with van der Waals surface area (Å²) < 4.78 is 5.54. The van der Waals surface area contributed by atoms with E-state index in [0.717, 1.165) is 29.9 Å². The third-order valence-corrected chi connectivity index (χ3v) is 2.14. The van der Waals surface area contributed by atoms with Crippen LogP contribution < -0.4 is 4.74 Å². The molecule has 78 valence electrons. The molecule has 0 saturated heterocycles. The molecule has 1 atom stereocenters. The van der Waals surface area contributed by atoms with Crippen molar-refractivity contribution < 1.29 is 9.84 Å². The Bertz CT molecular complexity index is 292. The van der Waals surface area contributed by atoms with Crippen molar-refractivity contribution in [3.63, 3.8) is 0 Å². The summed E-state index contributed by atoms with van der Waals surface area (Å²) in [6.45, 7) is 6.59. The first-order valence-electron chi connectivity index (χ1n) is 5.06. The SMILES string of the molecule is CCCOc1ccc([C@@H](C)O)cc1C. The molecule has 0 aliphatic carbocycles. The van der Waals surface area contributed by atoms with Gasteiger partial charge in [-0.05, 0) is 43.5 Å². The van der Waals surface area contributed by atoms with Gasteiger partial charge in [-0.3, -0.25) is 0 Å². The van der Waals surface area contributed by atoms with E-state index >= 15 is 0 Å². The second-order valence-corrected chi connectivity index (χ2v) is 3.55. The predicted octanol–water partition coefficient (Wildman–Crippen LogP) is 2.84. The quantitative estimate of drug-likeness (QED) is 0.798. The molecule has 0 amide bonds. The van der Waals surface area contributed by atoms with Crippen LogP contribution in [0.25, 0.3) is 0 Å². The van der Waals surface area contributed by atoms with E-state index in [1.807, 2.05) is 25.1 Å². The Labute approximate surface area is 85.5 Å². The molecule has 0 saturated carbocycles. The van der Waals surface area contributed by atoms with E-state index < -0.39 is 6.10 Å². The van der Waals surface area contributed by atoms with Gasteiger partial charge in [-0.15, -0.1) is 0 Å². The Kier molecular flexibility index (Phi) is 3.96. The van der Waals surface area contributed by atoms with Gasteiger partial charge in [0.25, 0.3) is 0 Å². The van der Waals surface area contributed by atoms with E-state index in [9.17, 15) is 5.11 Å². The van der Waals surface area contributed by atoms with Gasteiger partial charge in [0.2, 0.25) is 0 Å². The fourth-order valence-electron chi connectivity index (χ4n) is 1.31. The number of benzene rings is 1. The Morgan fingerprint density at radius 1 is 1.43 bits per heavy atom. The monoisotopic (exact) mass is 194 g/mol. The fourth-order valence-corrected chi connectivity index (χ4v) is 1.31. The third kappa shape index (κ3) is 2.74. The maximum absolute atomic E-state index is 9.37. The molecule has 0 aliphatic rings. The predicted molar refractivity (Wildman–Crippen MR) is 57.6 cm³/mol. The van der Waals surface area contributed by atoms with Crippen molar-refractivity contribution in [2.24, 2.45) is 0 Å². The molecule has 2 heteroatoms. The van der Waals surface area contributed by atoms with E-state index in [-0.39, 0.29) is 0 Å². The zero-order valence-electron chi connectivity index (χ0n) is 9.08. The minimum atomic E-state index is -0.408. The molecule has 1 aromatic rings. The lowest BCUT2D eigenvalue weighted by molar-refractivity contribution is 0.199. The summed E-state index contributed by atoms with van der Waals surface area (Å²) in [4.78, 5) is 0. The Morgan fingerprint density at radius 3 is 2.64 bits per heavy atom. The number of hydrogen-bond acceptors (Lipinski definition) is 2. The van der Waals surface area contributed by atoms with Gasteiger partial charge in [-0.1, -0.05) is 13.0 Å². The number of ether oxygens (including phenoxy) is 1. The second kappa shape index (κ2) is 5.01. The van der Waals surface area contributed by atoms with Crippen LogP contribution in [0.5, 0.6) is 5.75 Å². The Balaban J connectivity index is 2.79. The minimum Gasteiger partial charge on any atom is -0.493 e. The lowest BCUT2D eigenvalue weighted by atomic mass is 10.1. The van der Waals surface area contributed by atoms with Crippen LogP contribution in [-0.2, 0) is 0 Å². The van der Waals surface area contributed by atoms with Crippen molar-refractivity contribution in [1.29, 1.82) is 0 Å². The zero-order valence-corrected chi connectivity index (χ0v) is 9.08. The molecule has 1 N–H and O–H groups in total. The number of rotatable bonds is 4. The molecular weight excluding hydrogens is 176 g/mol. The Hall–Kier alpha value is -1.02. The van der Waals surface area contributed by atoms with Gasteiger partial charge in [0.05, 0.1) is 12.7 Å². The third-order valence-electron chi connectivity index (χ3n) is 2.14. The van der Waals surface area contributed by atoms with Crippen molar-refractivity contribution in [2.45, 2.75) is 33.3 Å². The smallest absolute Gasteiger partial charge is 0.122 e. The standard InChI is InChI=1S/C12H18O2/c1-4-7-14-12-6-5-11(10(3)13)8-9(12)2/h5-6,8,10,13H,4,7H2,1-3H3/t10-/m1/s1. The van der Waals surface area contributed by atoms with Crippen LogP contribution in [0.2, 0.25) is 0 Å². The van der Waals surface area contributed by atoms with Crippen LogP contribution in [0.3, 0.4) is 0 Å². The first-order chi connectivity index (χ1) is 6.65. The van der Waals surface area contributed by atoms with Crippen LogP contribution in [0.4, 0.5) is 0 Å². The molecule has 0 radical (unpaired) electrons. The molecule has 0 unspecified atom stereocenters. The maximum atomic E-state index is 9.37. The topological polar surface area (TPSA) is 29.5 Å². The van der Waals surface area contributed by atoms with Gasteiger partial charge in [-0.2, -0.15) is 0 Å². The van der Waals surface area contributed by atoms with Gasteiger partial charge in [-0.25, -0.2) is 0 Å². The van der Waals surface area contributed by atoms with E-state index in [4.69, 9.17) is 4.74 Å². The molecule has 0 heterocycles. The molecule has 0 aromatic heterocycles. The average molecular weight is 194 g/mol. The van der Waals surface area contributed by atoms with Crippen LogP contribution in [0.15, 0.2) is 18.2 Å². The van der Waals surface area contributed by atoms with Crippen molar-refractivity contribution >= 4 is 0 Å². The summed E-state index contributed by atoms with van der Waals surface area (Å²) >= 11 is 0. The van der Waals surface area contributed by atoms with Gasteiger partial charge in [0.15, 0.2) is 0 Å². The molecule has 1 aromatic carbocycles. The number of aliphatic hydroxyl groups is 1. The summed E-state index contributed by atoms with van der Waals surface area (Å²) in [6.07, 6.45) is 0.603. The molecule has 0 fully saturated rings. The fraction of sp³-hybridized carbons (Fsp3) is 0.500. The average Bonchev–Trinajstić information content (AvgIpc) is 2.15. The van der Waals surface area contributed by atoms with E-state index in [1.165, 1.54) is 0 Å². The molecule has 0 bridgehead atoms. The summed E-state index contributed by atoms with van der Waals surface area (Å²) in [7, 11) is 0. The molecule has 0 aliphatic heterocycles. The molecule has 1 rings (SSSR count). The van der Waals surface area contributed by atoms with E-state index in [0.29, 0.717) is 0 Å². The lowest BCUT2D eigenvalue weighted by Crippen LogP contribution is -1.98. The molecular formula is C12H18O2. The largest absolute Gasteiger partial charge is 0.493 e. The molecule has 14 heavy (non-hydrogen) atoms. The highest BCUT2D eigenvalue weighted by Crippen LogP contribution is 2.22. The minimum absolute atomic E-state index is 0.408. The van der Waals surface area contributed by atoms with Gasteiger partial charge in [0.1, 0.15) is 5.75 Å². The molecule has 0 spiro atoms. The van der Waals surface area contributed by atoms with Crippen LogP contribution >= 0.6 is 0 Å².